The molecule has 0 fully saturated rings. The average molecular weight is 347 g/mol. The fourth-order valence-corrected chi connectivity index (χ4v) is 2.35. The minimum atomic E-state index is -3.21. The first-order chi connectivity index (χ1) is 10.7. The van der Waals surface area contributed by atoms with Crippen LogP contribution in [0.3, 0.4) is 0 Å². The molecule has 0 radical (unpaired) electrons. The summed E-state index contributed by atoms with van der Waals surface area (Å²) < 4.78 is 42.5. The van der Waals surface area contributed by atoms with Gasteiger partial charge in [-0.3, -0.25) is 0 Å². The smallest absolute Gasteiger partial charge is 0.315 e. The molecule has 0 saturated carbocycles. The molecule has 1 aromatic carbocycles. The molecule has 0 bridgehead atoms. The normalized spacial score (nSPS) is 12.5. The highest BCUT2D eigenvalue weighted by molar-refractivity contribution is 7.88. The quantitative estimate of drug-likeness (QED) is 0.614. The van der Waals surface area contributed by atoms with Gasteiger partial charge in [-0.25, -0.2) is 22.3 Å². The third-order valence-electron chi connectivity index (χ3n) is 3.03. The van der Waals surface area contributed by atoms with E-state index in [0.717, 1.165) is 6.26 Å². The van der Waals surface area contributed by atoms with E-state index in [-0.39, 0.29) is 18.3 Å². The fourth-order valence-electron chi connectivity index (χ4n) is 1.83. The Balaban J connectivity index is 2.37. The van der Waals surface area contributed by atoms with Crippen LogP contribution in [0, 0.1) is 5.82 Å². The van der Waals surface area contributed by atoms with Crippen molar-refractivity contribution in [1.29, 1.82) is 0 Å². The summed E-state index contributed by atoms with van der Waals surface area (Å²) in [6.07, 6.45) is 1.54. The van der Waals surface area contributed by atoms with Crippen molar-refractivity contribution >= 4 is 16.1 Å². The molecule has 0 aliphatic rings. The van der Waals surface area contributed by atoms with E-state index in [9.17, 15) is 17.6 Å². The maximum Gasteiger partial charge on any atom is 0.315 e. The van der Waals surface area contributed by atoms with Gasteiger partial charge in [0.25, 0.3) is 0 Å². The summed E-state index contributed by atoms with van der Waals surface area (Å²) in [6.45, 7) is 2.29. The van der Waals surface area contributed by atoms with Crippen molar-refractivity contribution in [3.8, 4) is 5.75 Å². The lowest BCUT2D eigenvalue weighted by atomic mass is 10.1. The Morgan fingerprint density at radius 2 is 2.04 bits per heavy atom. The van der Waals surface area contributed by atoms with Crippen LogP contribution in [0.5, 0.6) is 5.75 Å². The number of benzene rings is 1. The molecule has 0 aliphatic heterocycles. The largest absolute Gasteiger partial charge is 0.494 e. The molecule has 9 heteroatoms. The molecule has 2 amide bonds. The number of hydrogen-bond acceptors (Lipinski definition) is 4. The second kappa shape index (κ2) is 8.68. The minimum Gasteiger partial charge on any atom is -0.494 e. The van der Waals surface area contributed by atoms with Crippen molar-refractivity contribution < 1.29 is 22.3 Å². The molecule has 0 aliphatic carbocycles. The van der Waals surface area contributed by atoms with E-state index in [1.807, 2.05) is 0 Å². The first-order valence-electron chi connectivity index (χ1n) is 7.05. The van der Waals surface area contributed by atoms with Gasteiger partial charge in [0.15, 0.2) is 11.6 Å². The lowest BCUT2D eigenvalue weighted by Gasteiger charge is -2.16. The van der Waals surface area contributed by atoms with Crippen molar-refractivity contribution in [3.63, 3.8) is 0 Å². The van der Waals surface area contributed by atoms with Crippen molar-refractivity contribution in [3.05, 3.63) is 29.6 Å². The van der Waals surface area contributed by atoms with Gasteiger partial charge in [0.2, 0.25) is 10.0 Å². The second-order valence-electron chi connectivity index (χ2n) is 5.04. The molecule has 130 valence electrons. The number of halogens is 1. The lowest BCUT2D eigenvalue weighted by molar-refractivity contribution is 0.238. The van der Waals surface area contributed by atoms with Gasteiger partial charge in [0.05, 0.1) is 19.4 Å². The van der Waals surface area contributed by atoms with Crippen molar-refractivity contribution in [2.75, 3.05) is 26.5 Å². The minimum absolute atomic E-state index is 0.142. The van der Waals surface area contributed by atoms with Crippen LogP contribution >= 0.6 is 0 Å². The van der Waals surface area contributed by atoms with E-state index >= 15 is 0 Å². The molecule has 0 aromatic heterocycles. The standard InChI is InChI=1S/C14H22FN3O4S/c1-10(11-5-6-13(22-2)12(15)9-11)18-14(19)16-7-4-8-17-23(3,20)21/h5-6,9-10,17H,4,7-8H2,1-3H3,(H2,16,18,19)/t10-/m1/s1. The van der Waals surface area contributed by atoms with Crippen LogP contribution in [0.15, 0.2) is 18.2 Å². The van der Waals surface area contributed by atoms with Crippen LogP contribution in [0.2, 0.25) is 0 Å². The van der Waals surface area contributed by atoms with Gasteiger partial charge in [-0.15, -0.1) is 0 Å². The molecule has 3 N–H and O–H groups in total. The number of carbonyl (C=O) groups excluding carboxylic acids is 1. The highest BCUT2D eigenvalue weighted by Crippen LogP contribution is 2.21. The van der Waals surface area contributed by atoms with Gasteiger partial charge in [-0.05, 0) is 31.0 Å². The van der Waals surface area contributed by atoms with Gasteiger partial charge < -0.3 is 15.4 Å². The number of rotatable bonds is 8. The van der Waals surface area contributed by atoms with E-state index in [1.165, 1.54) is 19.2 Å². The van der Waals surface area contributed by atoms with Crippen LogP contribution in [0.1, 0.15) is 24.9 Å². The topological polar surface area (TPSA) is 96.5 Å². The summed E-state index contributed by atoms with van der Waals surface area (Å²) in [5, 5.41) is 5.28. The van der Waals surface area contributed by atoms with Crippen molar-refractivity contribution in [1.82, 2.24) is 15.4 Å². The number of sulfonamides is 1. The third kappa shape index (κ3) is 7.29. The van der Waals surface area contributed by atoms with Gasteiger partial charge in [0.1, 0.15) is 0 Å². The number of ether oxygens (including phenoxy) is 1. The Hall–Kier alpha value is -1.87. The molecule has 1 rings (SSSR count). The van der Waals surface area contributed by atoms with E-state index in [4.69, 9.17) is 4.74 Å². The summed E-state index contributed by atoms with van der Waals surface area (Å²) in [7, 11) is -1.83. The number of urea groups is 1. The number of amides is 2. The Kier molecular flexibility index (Phi) is 7.24. The summed E-state index contributed by atoms with van der Waals surface area (Å²) >= 11 is 0. The molecular weight excluding hydrogens is 325 g/mol. The molecule has 0 saturated heterocycles. The maximum absolute atomic E-state index is 13.6. The van der Waals surface area contributed by atoms with Crippen LogP contribution < -0.4 is 20.1 Å². The van der Waals surface area contributed by atoms with Gasteiger partial charge >= 0.3 is 6.03 Å². The predicted octanol–water partition coefficient (Wildman–Crippen LogP) is 1.13. The van der Waals surface area contributed by atoms with Crippen molar-refractivity contribution in [2.24, 2.45) is 0 Å². The number of carbonyl (C=O) groups is 1. The van der Waals surface area contributed by atoms with Crippen molar-refractivity contribution in [2.45, 2.75) is 19.4 Å². The summed E-state index contributed by atoms with van der Waals surface area (Å²) in [4.78, 5) is 11.7. The zero-order chi connectivity index (χ0) is 17.5. The number of methoxy groups -OCH3 is 1. The van der Waals surface area contributed by atoms with Crippen LogP contribution in [-0.4, -0.2) is 40.9 Å². The zero-order valence-corrected chi connectivity index (χ0v) is 14.2. The zero-order valence-electron chi connectivity index (χ0n) is 13.3. The van der Waals surface area contributed by atoms with E-state index in [1.54, 1.807) is 13.0 Å². The molecule has 0 unspecified atom stereocenters. The molecule has 7 nitrogen and oxygen atoms in total. The second-order valence-corrected chi connectivity index (χ2v) is 6.87. The SMILES string of the molecule is COc1ccc([C@@H](C)NC(=O)NCCCNS(C)(=O)=O)cc1F. The highest BCUT2D eigenvalue weighted by atomic mass is 32.2. The van der Waals surface area contributed by atoms with Crippen LogP contribution in [-0.2, 0) is 10.0 Å². The monoisotopic (exact) mass is 347 g/mol. The Labute approximate surface area is 135 Å². The Bertz CT molecular complexity index is 637. The molecule has 23 heavy (non-hydrogen) atoms. The molecule has 1 atom stereocenters. The number of hydrogen-bond donors (Lipinski definition) is 3. The Morgan fingerprint density at radius 3 is 2.61 bits per heavy atom. The summed E-state index contributed by atoms with van der Waals surface area (Å²) in [6, 6.07) is 3.68. The van der Waals surface area contributed by atoms with Crippen LogP contribution in [0.4, 0.5) is 9.18 Å². The predicted molar refractivity (Wildman–Crippen MR) is 85.4 cm³/mol. The fraction of sp³-hybridized carbons (Fsp3) is 0.500. The lowest BCUT2D eigenvalue weighted by Crippen LogP contribution is -2.38. The van der Waals surface area contributed by atoms with Gasteiger partial charge in [-0.2, -0.15) is 0 Å². The molecule has 0 spiro atoms. The van der Waals surface area contributed by atoms with Gasteiger partial charge in [-0.1, -0.05) is 6.07 Å². The average Bonchev–Trinajstić information content (AvgIpc) is 2.45. The van der Waals surface area contributed by atoms with Gasteiger partial charge in [0, 0.05) is 13.1 Å². The van der Waals surface area contributed by atoms with Crippen LogP contribution in [0.25, 0.3) is 0 Å². The third-order valence-corrected chi connectivity index (χ3v) is 3.76. The number of nitrogens with one attached hydrogen (secondary N) is 3. The first kappa shape index (κ1) is 19.2. The van der Waals surface area contributed by atoms with E-state index < -0.39 is 21.9 Å². The Morgan fingerprint density at radius 1 is 1.35 bits per heavy atom. The first-order valence-corrected chi connectivity index (χ1v) is 8.94. The molecular formula is C14H22FN3O4S. The van der Waals surface area contributed by atoms with E-state index in [2.05, 4.69) is 15.4 Å². The highest BCUT2D eigenvalue weighted by Gasteiger charge is 2.12. The van der Waals surface area contributed by atoms with E-state index in [0.29, 0.717) is 18.5 Å². The molecule has 1 aromatic rings. The maximum atomic E-state index is 13.6. The summed E-state index contributed by atoms with van der Waals surface area (Å²) in [5.74, 6) is -0.352. The molecule has 0 heterocycles. The summed E-state index contributed by atoms with van der Waals surface area (Å²) in [5.41, 5.74) is 0.609.